The first-order valence-corrected chi connectivity index (χ1v) is 9.86. The number of fused-ring (bicyclic) bond motifs is 3. The Bertz CT molecular complexity index is 1290. The van der Waals surface area contributed by atoms with E-state index >= 15 is 0 Å². The Morgan fingerprint density at radius 3 is 2.68 bits per heavy atom. The highest BCUT2D eigenvalue weighted by Crippen LogP contribution is 2.35. The Balaban J connectivity index is 1.54. The molecule has 0 radical (unpaired) electrons. The van der Waals surface area contributed by atoms with E-state index in [1.165, 1.54) is 0 Å². The lowest BCUT2D eigenvalue weighted by atomic mass is 10.0. The van der Waals surface area contributed by atoms with Crippen molar-refractivity contribution in [3.63, 3.8) is 0 Å². The minimum absolute atomic E-state index is 0.420. The second kappa shape index (κ2) is 7.85. The summed E-state index contributed by atoms with van der Waals surface area (Å²) < 4.78 is 27.8. The number of rotatable bonds is 5. The molecule has 4 aromatic rings. The van der Waals surface area contributed by atoms with E-state index in [2.05, 4.69) is 4.90 Å². The molecule has 0 bridgehead atoms. The van der Waals surface area contributed by atoms with Crippen molar-refractivity contribution in [3.8, 4) is 28.4 Å². The number of furan rings is 1. The van der Waals surface area contributed by atoms with Gasteiger partial charge in [-0.15, -0.1) is 0 Å². The minimum atomic E-state index is -0.420. The van der Waals surface area contributed by atoms with E-state index in [1.54, 1.807) is 32.6 Å². The van der Waals surface area contributed by atoms with Gasteiger partial charge in [0.1, 0.15) is 23.8 Å². The van der Waals surface area contributed by atoms with E-state index in [4.69, 9.17) is 23.0 Å². The molecule has 0 amide bonds. The smallest absolute Gasteiger partial charge is 0.344 e. The van der Waals surface area contributed by atoms with Crippen LogP contribution in [0.25, 0.3) is 22.1 Å². The standard InChI is InChI=1S/C24H21NO6/c1-27-21-8-5-15(11-22(21)28-2)18-10-16-6-7-20-19(23(16)31-24(18)26)13-25(14-30-20)12-17-4-3-9-29-17/h3-11H,12-14H2,1-2H3. The van der Waals surface area contributed by atoms with Gasteiger partial charge >= 0.3 is 5.63 Å². The van der Waals surface area contributed by atoms with Gasteiger partial charge in [-0.3, -0.25) is 4.90 Å². The Hall–Kier alpha value is -3.71. The van der Waals surface area contributed by atoms with Gasteiger partial charge in [0.15, 0.2) is 11.5 Å². The summed E-state index contributed by atoms with van der Waals surface area (Å²) in [5.41, 5.74) is 2.12. The van der Waals surface area contributed by atoms with Crippen molar-refractivity contribution in [1.82, 2.24) is 4.90 Å². The van der Waals surface area contributed by atoms with E-state index < -0.39 is 5.63 Å². The van der Waals surface area contributed by atoms with Crippen LogP contribution in [0.15, 0.2) is 68.4 Å². The summed E-state index contributed by atoms with van der Waals surface area (Å²) in [6.07, 6.45) is 1.65. The fourth-order valence-corrected chi connectivity index (χ4v) is 3.87. The molecule has 1 aliphatic rings. The van der Waals surface area contributed by atoms with Gasteiger partial charge in [-0.05, 0) is 48.0 Å². The average molecular weight is 419 g/mol. The van der Waals surface area contributed by atoms with Crippen LogP contribution < -0.4 is 19.8 Å². The van der Waals surface area contributed by atoms with Gasteiger partial charge in [0, 0.05) is 11.9 Å². The van der Waals surface area contributed by atoms with Crippen LogP contribution in [-0.4, -0.2) is 25.9 Å². The maximum Gasteiger partial charge on any atom is 0.344 e. The number of benzene rings is 2. The van der Waals surface area contributed by atoms with Crippen molar-refractivity contribution in [2.45, 2.75) is 13.1 Å². The molecule has 31 heavy (non-hydrogen) atoms. The molecular formula is C24H21NO6. The molecule has 0 saturated carbocycles. The minimum Gasteiger partial charge on any atom is -0.493 e. The van der Waals surface area contributed by atoms with E-state index in [1.807, 2.05) is 36.4 Å². The van der Waals surface area contributed by atoms with Gasteiger partial charge in [0.25, 0.3) is 0 Å². The molecule has 0 atom stereocenters. The molecule has 7 heteroatoms. The predicted molar refractivity (Wildman–Crippen MR) is 114 cm³/mol. The maximum atomic E-state index is 12.9. The van der Waals surface area contributed by atoms with Crippen LogP contribution in [0.2, 0.25) is 0 Å². The molecule has 0 aliphatic carbocycles. The second-order valence-electron chi connectivity index (χ2n) is 7.32. The SMILES string of the molecule is COc1ccc(-c2cc3ccc4c(c3oc2=O)CN(Cc2ccco2)CO4)cc1OC. The van der Waals surface area contributed by atoms with E-state index in [9.17, 15) is 4.79 Å². The van der Waals surface area contributed by atoms with Crippen molar-refractivity contribution < 1.29 is 23.0 Å². The van der Waals surface area contributed by atoms with E-state index in [0.29, 0.717) is 48.0 Å². The quantitative estimate of drug-likeness (QED) is 0.443. The third-order valence-electron chi connectivity index (χ3n) is 5.40. The van der Waals surface area contributed by atoms with Gasteiger partial charge in [0.05, 0.1) is 38.2 Å². The normalized spacial score (nSPS) is 13.6. The Kier molecular flexibility index (Phi) is 4.88. The highest BCUT2D eigenvalue weighted by molar-refractivity contribution is 5.86. The highest BCUT2D eigenvalue weighted by Gasteiger charge is 2.23. The van der Waals surface area contributed by atoms with Crippen LogP contribution in [0.4, 0.5) is 0 Å². The summed E-state index contributed by atoms with van der Waals surface area (Å²) in [7, 11) is 3.13. The number of hydrogen-bond acceptors (Lipinski definition) is 7. The molecule has 0 spiro atoms. The molecule has 3 heterocycles. The molecule has 0 saturated heterocycles. The zero-order valence-corrected chi connectivity index (χ0v) is 17.2. The first-order chi connectivity index (χ1) is 15.2. The Morgan fingerprint density at radius 2 is 1.90 bits per heavy atom. The molecule has 0 fully saturated rings. The lowest BCUT2D eigenvalue weighted by molar-refractivity contribution is 0.0826. The predicted octanol–water partition coefficient (Wildman–Crippen LogP) is 4.42. The molecule has 7 nitrogen and oxygen atoms in total. The van der Waals surface area contributed by atoms with E-state index in [0.717, 1.165) is 22.5 Å². The van der Waals surface area contributed by atoms with Crippen molar-refractivity contribution >= 4 is 11.0 Å². The zero-order valence-electron chi connectivity index (χ0n) is 17.2. The van der Waals surface area contributed by atoms with Gasteiger partial charge in [-0.25, -0.2) is 4.79 Å². The van der Waals surface area contributed by atoms with Gasteiger partial charge < -0.3 is 23.0 Å². The van der Waals surface area contributed by atoms with Crippen molar-refractivity contribution in [1.29, 1.82) is 0 Å². The number of ether oxygens (including phenoxy) is 3. The van der Waals surface area contributed by atoms with Gasteiger partial charge in [-0.2, -0.15) is 0 Å². The largest absolute Gasteiger partial charge is 0.493 e. The van der Waals surface area contributed by atoms with Crippen molar-refractivity contribution in [2.75, 3.05) is 21.0 Å². The van der Waals surface area contributed by atoms with Crippen LogP contribution in [-0.2, 0) is 13.1 Å². The van der Waals surface area contributed by atoms with E-state index in [-0.39, 0.29) is 0 Å². The third-order valence-corrected chi connectivity index (χ3v) is 5.40. The molecule has 158 valence electrons. The topological polar surface area (TPSA) is 74.3 Å². The first-order valence-electron chi connectivity index (χ1n) is 9.86. The number of methoxy groups -OCH3 is 2. The lowest BCUT2D eigenvalue weighted by Crippen LogP contribution is -2.31. The summed E-state index contributed by atoms with van der Waals surface area (Å²) in [6.45, 7) is 1.63. The zero-order chi connectivity index (χ0) is 21.4. The Labute approximate surface area is 178 Å². The summed E-state index contributed by atoms with van der Waals surface area (Å²) in [5, 5.41) is 0.826. The highest BCUT2D eigenvalue weighted by atomic mass is 16.5. The molecule has 2 aromatic heterocycles. The van der Waals surface area contributed by atoms with Crippen LogP contribution in [0.3, 0.4) is 0 Å². The molecule has 1 aliphatic heterocycles. The summed E-state index contributed by atoms with van der Waals surface area (Å²) >= 11 is 0. The monoisotopic (exact) mass is 419 g/mol. The van der Waals surface area contributed by atoms with Gasteiger partial charge in [0.2, 0.25) is 0 Å². The number of hydrogen-bond donors (Lipinski definition) is 0. The first kappa shape index (κ1) is 19.3. The van der Waals surface area contributed by atoms with Crippen LogP contribution in [0, 0.1) is 0 Å². The Morgan fingerprint density at radius 1 is 1.03 bits per heavy atom. The fraction of sp³-hybridized carbons (Fsp3) is 0.208. The molecule has 0 N–H and O–H groups in total. The van der Waals surface area contributed by atoms with Gasteiger partial charge in [-0.1, -0.05) is 6.07 Å². The van der Waals surface area contributed by atoms with Crippen LogP contribution in [0.5, 0.6) is 17.2 Å². The summed E-state index contributed by atoms with van der Waals surface area (Å²) in [4.78, 5) is 15.0. The molecule has 2 aromatic carbocycles. The average Bonchev–Trinajstić information content (AvgIpc) is 3.31. The number of nitrogens with zero attached hydrogens (tertiary/aromatic N) is 1. The third kappa shape index (κ3) is 3.53. The van der Waals surface area contributed by atoms with Crippen LogP contribution in [0.1, 0.15) is 11.3 Å². The molecule has 0 unspecified atom stereocenters. The maximum absolute atomic E-state index is 12.9. The van der Waals surface area contributed by atoms with Crippen molar-refractivity contribution in [2.24, 2.45) is 0 Å². The summed E-state index contributed by atoms with van der Waals surface area (Å²) in [5.74, 6) is 2.72. The van der Waals surface area contributed by atoms with Crippen LogP contribution >= 0.6 is 0 Å². The molecule has 5 rings (SSSR count). The summed E-state index contributed by atoms with van der Waals surface area (Å²) in [6, 6.07) is 14.8. The van der Waals surface area contributed by atoms with Crippen molar-refractivity contribution in [3.05, 3.63) is 76.5 Å². The fourth-order valence-electron chi connectivity index (χ4n) is 3.87. The molecular weight excluding hydrogens is 398 g/mol. The second-order valence-corrected chi connectivity index (χ2v) is 7.32. The lowest BCUT2D eigenvalue weighted by Gasteiger charge is -2.28.